The molecule has 0 radical (unpaired) electrons. The van der Waals surface area contributed by atoms with E-state index in [9.17, 15) is 18.3 Å². The van der Waals surface area contributed by atoms with Crippen molar-refractivity contribution in [3.05, 3.63) is 28.8 Å². The molecule has 1 aliphatic rings. The SMILES string of the molecule is C[C@]1(CO)C[C@@H]1C#CC#Cc1ccc2nc(CC[C@](C)(C(=O)NO)S(C)(=O)=O)sc2c1. The molecule has 1 aromatic carbocycles. The number of aromatic nitrogens is 1. The Bertz CT molecular complexity index is 1250. The van der Waals surface area contributed by atoms with Gasteiger partial charge in [-0.15, -0.1) is 11.3 Å². The summed E-state index contributed by atoms with van der Waals surface area (Å²) < 4.78 is 23.3. The van der Waals surface area contributed by atoms with Crippen LogP contribution < -0.4 is 5.48 Å². The number of carbonyl (C=O) groups is 1. The predicted molar refractivity (Wildman–Crippen MR) is 119 cm³/mol. The molecule has 1 amide bonds. The number of nitrogens with zero attached hydrogens (tertiary/aromatic N) is 1. The summed E-state index contributed by atoms with van der Waals surface area (Å²) in [5, 5.41) is 18.9. The molecule has 1 saturated carbocycles. The van der Waals surface area contributed by atoms with Crippen LogP contribution in [0.5, 0.6) is 0 Å². The van der Waals surface area contributed by atoms with Crippen molar-refractivity contribution in [1.29, 1.82) is 0 Å². The van der Waals surface area contributed by atoms with Crippen LogP contribution in [-0.4, -0.2) is 47.2 Å². The smallest absolute Gasteiger partial charge is 0.264 e. The number of benzene rings is 1. The molecule has 31 heavy (non-hydrogen) atoms. The molecule has 1 fully saturated rings. The van der Waals surface area contributed by atoms with Gasteiger partial charge in [0.1, 0.15) is 4.75 Å². The van der Waals surface area contributed by atoms with Gasteiger partial charge in [-0.1, -0.05) is 18.8 Å². The highest BCUT2D eigenvalue weighted by molar-refractivity contribution is 7.92. The van der Waals surface area contributed by atoms with Crippen molar-refractivity contribution in [3.8, 4) is 23.7 Å². The summed E-state index contributed by atoms with van der Waals surface area (Å²) in [4.78, 5) is 16.5. The Morgan fingerprint density at radius 2 is 2.16 bits per heavy atom. The second-order valence-electron chi connectivity index (χ2n) is 8.32. The van der Waals surface area contributed by atoms with Gasteiger partial charge < -0.3 is 5.11 Å². The maximum atomic E-state index is 12.1. The molecule has 3 atom stereocenters. The molecule has 3 rings (SSSR count). The Morgan fingerprint density at radius 3 is 2.77 bits per heavy atom. The van der Waals surface area contributed by atoms with E-state index >= 15 is 0 Å². The number of fused-ring (bicyclic) bond motifs is 1. The summed E-state index contributed by atoms with van der Waals surface area (Å²) in [7, 11) is -3.75. The number of carbonyl (C=O) groups excluding carboxylic acids is 1. The number of thiazole rings is 1. The fraction of sp³-hybridized carbons (Fsp3) is 0.455. The molecule has 1 aliphatic carbocycles. The molecular weight excluding hydrogens is 436 g/mol. The average Bonchev–Trinajstić information content (AvgIpc) is 3.20. The molecule has 3 N–H and O–H groups in total. The molecule has 0 spiro atoms. The van der Waals surface area contributed by atoms with E-state index in [1.54, 1.807) is 0 Å². The highest BCUT2D eigenvalue weighted by Crippen LogP contribution is 2.51. The monoisotopic (exact) mass is 460 g/mol. The standard InChI is InChI=1S/C22H24N2O5S2/c1-21(14-25)13-16(21)7-5-4-6-15-8-9-17-18(12-15)30-19(23-17)10-11-22(2,20(26)24-27)31(3,28)29/h8-9,12,16,25,27H,10-11,13-14H2,1-3H3,(H,24,26)/t16-,21+,22+/m0/s1. The quantitative estimate of drug-likeness (QED) is 0.344. The van der Waals surface area contributed by atoms with Crippen molar-refractivity contribution in [2.24, 2.45) is 11.3 Å². The first-order valence-electron chi connectivity index (χ1n) is 9.68. The number of amides is 1. The van der Waals surface area contributed by atoms with Crippen LogP contribution in [0.2, 0.25) is 0 Å². The lowest BCUT2D eigenvalue weighted by atomic mass is 10.0. The molecule has 164 valence electrons. The van der Waals surface area contributed by atoms with E-state index < -0.39 is 20.5 Å². The lowest BCUT2D eigenvalue weighted by Gasteiger charge is -2.24. The number of rotatable bonds is 6. The fourth-order valence-corrected chi connectivity index (χ4v) is 4.98. The summed E-state index contributed by atoms with van der Waals surface area (Å²) in [5.74, 6) is 11.0. The predicted octanol–water partition coefficient (Wildman–Crippen LogP) is 1.91. The van der Waals surface area contributed by atoms with Gasteiger partial charge in [-0.05, 0) is 49.8 Å². The first kappa shape index (κ1) is 23.2. The minimum Gasteiger partial charge on any atom is -0.396 e. The lowest BCUT2D eigenvalue weighted by Crippen LogP contribution is -2.49. The van der Waals surface area contributed by atoms with Crippen molar-refractivity contribution in [1.82, 2.24) is 10.5 Å². The zero-order valence-corrected chi connectivity index (χ0v) is 19.2. The number of hydrogen-bond donors (Lipinski definition) is 3. The molecule has 0 unspecified atom stereocenters. The Morgan fingerprint density at radius 1 is 1.42 bits per heavy atom. The molecule has 0 saturated heterocycles. The number of sulfone groups is 1. The van der Waals surface area contributed by atoms with Crippen molar-refractivity contribution in [3.63, 3.8) is 0 Å². The molecule has 2 aromatic rings. The molecular formula is C22H24N2O5S2. The largest absolute Gasteiger partial charge is 0.396 e. The van der Waals surface area contributed by atoms with Gasteiger partial charge in [0.2, 0.25) is 0 Å². The zero-order valence-electron chi connectivity index (χ0n) is 17.5. The second kappa shape index (κ2) is 8.60. The van der Waals surface area contributed by atoms with E-state index in [0.29, 0.717) is 5.01 Å². The number of hydrogen-bond acceptors (Lipinski definition) is 7. The summed E-state index contributed by atoms with van der Waals surface area (Å²) >= 11 is 1.41. The van der Waals surface area contributed by atoms with E-state index in [1.807, 2.05) is 25.1 Å². The van der Waals surface area contributed by atoms with Gasteiger partial charge >= 0.3 is 0 Å². The van der Waals surface area contributed by atoms with Crippen LogP contribution in [0, 0.1) is 35.0 Å². The van der Waals surface area contributed by atoms with Gasteiger partial charge in [-0.25, -0.2) is 18.9 Å². The van der Waals surface area contributed by atoms with E-state index in [0.717, 1.165) is 28.5 Å². The summed E-state index contributed by atoms with van der Waals surface area (Å²) in [5.41, 5.74) is 2.92. The van der Waals surface area contributed by atoms with Gasteiger partial charge in [0, 0.05) is 36.2 Å². The van der Waals surface area contributed by atoms with Gasteiger partial charge in [-0.3, -0.25) is 10.0 Å². The number of aryl methyl sites for hydroxylation is 1. The minimum atomic E-state index is -3.75. The maximum absolute atomic E-state index is 12.1. The van der Waals surface area contributed by atoms with Crippen LogP contribution in [0.15, 0.2) is 18.2 Å². The third-order valence-corrected chi connectivity index (χ3v) is 8.98. The van der Waals surface area contributed by atoms with Crippen molar-refractivity contribution >= 4 is 37.3 Å². The highest BCUT2D eigenvalue weighted by Gasteiger charge is 2.48. The summed E-state index contributed by atoms with van der Waals surface area (Å²) in [6.45, 7) is 3.43. The zero-order chi connectivity index (χ0) is 22.9. The number of nitrogens with one attached hydrogen (secondary N) is 1. The van der Waals surface area contributed by atoms with Gasteiger partial charge in [-0.2, -0.15) is 0 Å². The molecule has 0 bridgehead atoms. The fourth-order valence-electron chi connectivity index (χ4n) is 3.12. The minimum absolute atomic E-state index is 0.00573. The number of aliphatic hydroxyl groups is 1. The van der Waals surface area contributed by atoms with Gasteiger partial charge in [0.15, 0.2) is 9.84 Å². The van der Waals surface area contributed by atoms with E-state index in [4.69, 9.17) is 5.21 Å². The molecule has 1 heterocycles. The molecule has 7 nitrogen and oxygen atoms in total. The van der Waals surface area contributed by atoms with Crippen LogP contribution >= 0.6 is 11.3 Å². The Balaban J connectivity index is 1.72. The number of aliphatic hydroxyl groups excluding tert-OH is 1. The number of hydroxylamine groups is 1. The lowest BCUT2D eigenvalue weighted by molar-refractivity contribution is -0.131. The van der Waals surface area contributed by atoms with Crippen molar-refractivity contribution in [2.75, 3.05) is 12.9 Å². The third kappa shape index (κ3) is 4.91. The van der Waals surface area contributed by atoms with E-state index in [2.05, 4.69) is 28.7 Å². The van der Waals surface area contributed by atoms with Gasteiger partial charge in [0.05, 0.1) is 15.2 Å². The van der Waals surface area contributed by atoms with Crippen molar-refractivity contribution in [2.45, 2.75) is 37.9 Å². The second-order valence-corrected chi connectivity index (χ2v) is 11.9. The van der Waals surface area contributed by atoms with Crippen molar-refractivity contribution < 1.29 is 23.5 Å². The average molecular weight is 461 g/mol. The topological polar surface area (TPSA) is 117 Å². The van der Waals surface area contributed by atoms with Crippen LogP contribution in [0.25, 0.3) is 10.2 Å². The van der Waals surface area contributed by atoms with Crippen LogP contribution in [0.3, 0.4) is 0 Å². The van der Waals surface area contributed by atoms with Crippen LogP contribution in [-0.2, 0) is 21.1 Å². The Kier molecular flexibility index (Phi) is 6.45. The summed E-state index contributed by atoms with van der Waals surface area (Å²) in [6.07, 6.45) is 2.14. The molecule has 0 aliphatic heterocycles. The normalized spacial score (nSPS) is 21.9. The molecule has 1 aromatic heterocycles. The van der Waals surface area contributed by atoms with Crippen LogP contribution in [0.1, 0.15) is 37.3 Å². The van der Waals surface area contributed by atoms with Crippen LogP contribution in [0.4, 0.5) is 0 Å². The van der Waals surface area contributed by atoms with E-state index in [-0.39, 0.29) is 30.8 Å². The molecule has 9 heteroatoms. The Labute approximate surface area is 185 Å². The Hall–Kier alpha value is -2.43. The first-order chi connectivity index (χ1) is 14.5. The van der Waals surface area contributed by atoms with Gasteiger partial charge in [0.25, 0.3) is 5.91 Å². The summed E-state index contributed by atoms with van der Waals surface area (Å²) in [6, 6.07) is 5.58. The highest BCUT2D eigenvalue weighted by atomic mass is 32.2. The third-order valence-electron chi connectivity index (χ3n) is 5.88. The van der Waals surface area contributed by atoms with E-state index in [1.165, 1.54) is 23.7 Å². The maximum Gasteiger partial charge on any atom is 0.264 e. The first-order valence-corrected chi connectivity index (χ1v) is 12.4.